The van der Waals surface area contributed by atoms with Crippen molar-refractivity contribution in [3.8, 4) is 11.5 Å². The molecule has 2 aliphatic rings. The Morgan fingerprint density at radius 3 is 2.85 bits per heavy atom. The lowest BCUT2D eigenvalue weighted by Crippen LogP contribution is -2.37. The standard InChI is InChI=1S/C20H25N3O3S/c1-25-19-10-15(4-5-18(19)26-12-16-13-27-14-21-16)20(24)23-9-6-17(11-23)22-7-2-3-8-22/h4-5,10,13-14,17H,2-3,6-9,11-12H2,1H3/t17-/m0/s1. The minimum Gasteiger partial charge on any atom is -0.493 e. The number of thiazole rings is 1. The van der Waals surface area contributed by atoms with Crippen molar-refractivity contribution in [1.82, 2.24) is 14.8 Å². The van der Waals surface area contributed by atoms with E-state index in [2.05, 4.69) is 9.88 Å². The zero-order valence-corrected chi connectivity index (χ0v) is 16.4. The summed E-state index contributed by atoms with van der Waals surface area (Å²) in [4.78, 5) is 21.6. The number of hydrogen-bond donors (Lipinski definition) is 0. The number of rotatable bonds is 6. The molecule has 1 amide bonds. The van der Waals surface area contributed by atoms with Crippen molar-refractivity contribution < 1.29 is 14.3 Å². The molecule has 7 heteroatoms. The van der Waals surface area contributed by atoms with E-state index in [0.717, 1.165) is 25.2 Å². The van der Waals surface area contributed by atoms with E-state index in [-0.39, 0.29) is 5.91 Å². The molecule has 0 saturated carbocycles. The molecule has 0 radical (unpaired) electrons. The zero-order valence-electron chi connectivity index (χ0n) is 15.6. The Morgan fingerprint density at radius 2 is 2.11 bits per heavy atom. The van der Waals surface area contributed by atoms with Gasteiger partial charge in [-0.2, -0.15) is 0 Å². The molecule has 27 heavy (non-hydrogen) atoms. The number of carbonyl (C=O) groups excluding carboxylic acids is 1. The first-order valence-corrected chi connectivity index (χ1v) is 10.4. The number of carbonyl (C=O) groups is 1. The van der Waals surface area contributed by atoms with Gasteiger partial charge in [0.15, 0.2) is 11.5 Å². The Bertz CT molecular complexity index is 775. The van der Waals surface area contributed by atoms with Gasteiger partial charge in [-0.3, -0.25) is 9.69 Å². The minimum absolute atomic E-state index is 0.0704. The highest BCUT2D eigenvalue weighted by Gasteiger charge is 2.32. The highest BCUT2D eigenvalue weighted by atomic mass is 32.1. The predicted octanol–water partition coefficient (Wildman–Crippen LogP) is 3.04. The third kappa shape index (κ3) is 4.09. The molecule has 4 rings (SSSR count). The van der Waals surface area contributed by atoms with Gasteiger partial charge in [0.2, 0.25) is 0 Å². The van der Waals surface area contributed by atoms with Crippen LogP contribution in [0, 0.1) is 0 Å². The fraction of sp³-hybridized carbons (Fsp3) is 0.500. The average Bonchev–Trinajstić information content (AvgIpc) is 3.47. The second-order valence-electron chi connectivity index (χ2n) is 7.07. The molecule has 144 valence electrons. The van der Waals surface area contributed by atoms with Gasteiger partial charge in [-0.25, -0.2) is 4.98 Å². The first-order valence-electron chi connectivity index (χ1n) is 9.46. The molecule has 1 atom stereocenters. The number of hydrogen-bond acceptors (Lipinski definition) is 6. The van der Waals surface area contributed by atoms with E-state index in [1.165, 1.54) is 37.3 Å². The molecule has 6 nitrogen and oxygen atoms in total. The van der Waals surface area contributed by atoms with E-state index < -0.39 is 0 Å². The van der Waals surface area contributed by atoms with Gasteiger partial charge in [0.05, 0.1) is 18.3 Å². The molecule has 0 spiro atoms. The Kier molecular flexibility index (Phi) is 5.59. The van der Waals surface area contributed by atoms with Crippen LogP contribution in [0.1, 0.15) is 35.3 Å². The lowest BCUT2D eigenvalue weighted by Gasteiger charge is -2.23. The molecule has 2 fully saturated rings. The molecule has 0 N–H and O–H groups in total. The fourth-order valence-corrected chi connectivity index (χ4v) is 4.44. The topological polar surface area (TPSA) is 54.9 Å². The summed E-state index contributed by atoms with van der Waals surface area (Å²) in [6, 6.07) is 5.93. The van der Waals surface area contributed by atoms with Crippen LogP contribution in [-0.4, -0.2) is 60.0 Å². The number of methoxy groups -OCH3 is 1. The van der Waals surface area contributed by atoms with Crippen LogP contribution in [0.25, 0.3) is 0 Å². The van der Waals surface area contributed by atoms with Gasteiger partial charge in [0.25, 0.3) is 5.91 Å². The van der Waals surface area contributed by atoms with Crippen LogP contribution < -0.4 is 9.47 Å². The second kappa shape index (κ2) is 8.27. The van der Waals surface area contributed by atoms with Gasteiger partial charge in [-0.15, -0.1) is 11.3 Å². The summed E-state index contributed by atoms with van der Waals surface area (Å²) in [7, 11) is 1.60. The largest absolute Gasteiger partial charge is 0.493 e. The predicted molar refractivity (Wildman–Crippen MR) is 105 cm³/mol. The molecule has 3 heterocycles. The van der Waals surface area contributed by atoms with Gasteiger partial charge in [-0.05, 0) is 50.6 Å². The smallest absolute Gasteiger partial charge is 0.254 e. The maximum absolute atomic E-state index is 12.9. The van der Waals surface area contributed by atoms with Gasteiger partial charge in [-0.1, -0.05) is 0 Å². The van der Waals surface area contributed by atoms with E-state index in [1.807, 2.05) is 22.4 Å². The molecule has 0 aliphatic carbocycles. The summed E-state index contributed by atoms with van der Waals surface area (Å²) >= 11 is 1.54. The van der Waals surface area contributed by atoms with Crippen LogP contribution >= 0.6 is 11.3 Å². The normalized spacial score (nSPS) is 20.2. The SMILES string of the molecule is COc1cc(C(=O)N2CC[C@H](N3CCCC3)C2)ccc1OCc1cscn1. The molecule has 2 saturated heterocycles. The Hall–Kier alpha value is -2.12. The van der Waals surface area contributed by atoms with Crippen LogP contribution in [0.2, 0.25) is 0 Å². The Balaban J connectivity index is 1.41. The molecular formula is C20H25N3O3S. The number of benzene rings is 1. The van der Waals surface area contributed by atoms with E-state index in [9.17, 15) is 4.79 Å². The highest BCUT2D eigenvalue weighted by Crippen LogP contribution is 2.30. The molecule has 0 unspecified atom stereocenters. The lowest BCUT2D eigenvalue weighted by atomic mass is 10.1. The summed E-state index contributed by atoms with van der Waals surface area (Å²) in [5.41, 5.74) is 3.31. The van der Waals surface area contributed by atoms with Crippen molar-refractivity contribution in [3.63, 3.8) is 0 Å². The van der Waals surface area contributed by atoms with Crippen molar-refractivity contribution in [2.45, 2.75) is 31.9 Å². The van der Waals surface area contributed by atoms with Crippen LogP contribution in [-0.2, 0) is 6.61 Å². The molecular weight excluding hydrogens is 362 g/mol. The van der Waals surface area contributed by atoms with Gasteiger partial charge in [0.1, 0.15) is 6.61 Å². The first-order chi connectivity index (χ1) is 13.2. The Morgan fingerprint density at radius 1 is 1.26 bits per heavy atom. The van der Waals surface area contributed by atoms with E-state index >= 15 is 0 Å². The molecule has 1 aromatic carbocycles. The molecule has 2 aliphatic heterocycles. The van der Waals surface area contributed by atoms with E-state index in [1.54, 1.807) is 18.7 Å². The number of ether oxygens (including phenoxy) is 2. The van der Waals surface area contributed by atoms with E-state index in [4.69, 9.17) is 9.47 Å². The fourth-order valence-electron chi connectivity index (χ4n) is 3.89. The Labute approximate surface area is 163 Å². The number of nitrogens with zero attached hydrogens (tertiary/aromatic N) is 3. The van der Waals surface area contributed by atoms with Crippen molar-refractivity contribution in [2.75, 3.05) is 33.3 Å². The number of aromatic nitrogens is 1. The third-order valence-electron chi connectivity index (χ3n) is 5.38. The van der Waals surface area contributed by atoms with Crippen molar-refractivity contribution in [2.24, 2.45) is 0 Å². The highest BCUT2D eigenvalue weighted by molar-refractivity contribution is 7.07. The average molecular weight is 388 g/mol. The lowest BCUT2D eigenvalue weighted by molar-refractivity contribution is 0.0779. The molecule has 2 aromatic rings. The second-order valence-corrected chi connectivity index (χ2v) is 7.79. The van der Waals surface area contributed by atoms with Crippen LogP contribution in [0.15, 0.2) is 29.1 Å². The maximum Gasteiger partial charge on any atom is 0.254 e. The van der Waals surface area contributed by atoms with Crippen molar-refractivity contribution >= 4 is 17.2 Å². The van der Waals surface area contributed by atoms with Crippen LogP contribution in [0.3, 0.4) is 0 Å². The zero-order chi connectivity index (χ0) is 18.6. The summed E-state index contributed by atoms with van der Waals surface area (Å²) < 4.78 is 11.3. The first kappa shape index (κ1) is 18.3. The van der Waals surface area contributed by atoms with Crippen LogP contribution in [0.5, 0.6) is 11.5 Å². The van der Waals surface area contributed by atoms with Gasteiger partial charge < -0.3 is 14.4 Å². The molecule has 1 aromatic heterocycles. The quantitative estimate of drug-likeness (QED) is 0.763. The summed E-state index contributed by atoms with van der Waals surface area (Å²) in [6.07, 6.45) is 3.63. The van der Waals surface area contributed by atoms with Crippen LogP contribution in [0.4, 0.5) is 0 Å². The van der Waals surface area contributed by atoms with Crippen molar-refractivity contribution in [1.29, 1.82) is 0 Å². The van der Waals surface area contributed by atoms with Gasteiger partial charge in [0, 0.05) is 30.1 Å². The number of amides is 1. The van der Waals surface area contributed by atoms with Crippen molar-refractivity contribution in [3.05, 3.63) is 40.3 Å². The minimum atomic E-state index is 0.0704. The monoisotopic (exact) mass is 387 g/mol. The van der Waals surface area contributed by atoms with E-state index in [0.29, 0.717) is 29.7 Å². The summed E-state index contributed by atoms with van der Waals surface area (Å²) in [6.45, 7) is 4.38. The maximum atomic E-state index is 12.9. The molecule has 0 bridgehead atoms. The number of likely N-dealkylation sites (tertiary alicyclic amines) is 2. The third-order valence-corrected chi connectivity index (χ3v) is 6.01. The van der Waals surface area contributed by atoms with Gasteiger partial charge >= 0.3 is 0 Å². The summed E-state index contributed by atoms with van der Waals surface area (Å²) in [5.74, 6) is 1.27. The summed E-state index contributed by atoms with van der Waals surface area (Å²) in [5, 5.41) is 1.95.